The molecule has 1 aromatic rings. The predicted molar refractivity (Wildman–Crippen MR) is 82.4 cm³/mol. The van der Waals surface area contributed by atoms with Crippen molar-refractivity contribution in [1.29, 1.82) is 0 Å². The lowest BCUT2D eigenvalue weighted by Crippen LogP contribution is -2.53. The number of hydrogen-bond acceptors (Lipinski definition) is 4. The topological polar surface area (TPSA) is 41.7 Å². The van der Waals surface area contributed by atoms with Crippen molar-refractivity contribution in [2.45, 2.75) is 31.3 Å². The zero-order chi connectivity index (χ0) is 13.9. The van der Waals surface area contributed by atoms with E-state index < -0.39 is 0 Å². The van der Waals surface area contributed by atoms with Crippen LogP contribution >= 0.6 is 0 Å². The van der Waals surface area contributed by atoms with E-state index in [-0.39, 0.29) is 0 Å². The summed E-state index contributed by atoms with van der Waals surface area (Å²) >= 11 is 0. The molecule has 2 atom stereocenters. The Morgan fingerprint density at radius 1 is 1.15 bits per heavy atom. The van der Waals surface area contributed by atoms with Gasteiger partial charge in [-0.1, -0.05) is 12.5 Å². The van der Waals surface area contributed by atoms with Crippen molar-refractivity contribution in [3.8, 4) is 5.75 Å². The lowest BCUT2D eigenvalue weighted by molar-refractivity contribution is 0.175. The van der Waals surface area contributed by atoms with Crippen molar-refractivity contribution in [2.75, 3.05) is 38.2 Å². The fourth-order valence-corrected chi connectivity index (χ4v) is 3.54. The number of methoxy groups -OCH3 is 1. The van der Waals surface area contributed by atoms with Gasteiger partial charge in [-0.3, -0.25) is 4.90 Å². The molecule has 20 heavy (non-hydrogen) atoms. The number of nitrogens with zero attached hydrogens (tertiary/aromatic N) is 2. The Balaban J connectivity index is 1.60. The summed E-state index contributed by atoms with van der Waals surface area (Å²) < 4.78 is 5.31. The zero-order valence-corrected chi connectivity index (χ0v) is 12.3. The van der Waals surface area contributed by atoms with Crippen LogP contribution in [0.5, 0.6) is 5.75 Å². The molecule has 1 saturated heterocycles. The maximum absolute atomic E-state index is 6.22. The van der Waals surface area contributed by atoms with E-state index in [9.17, 15) is 0 Å². The summed E-state index contributed by atoms with van der Waals surface area (Å²) in [6.07, 6.45) is 3.77. The number of piperazine rings is 1. The van der Waals surface area contributed by atoms with Crippen LogP contribution in [0.4, 0.5) is 5.69 Å². The van der Waals surface area contributed by atoms with E-state index in [4.69, 9.17) is 10.5 Å². The molecule has 4 nitrogen and oxygen atoms in total. The minimum absolute atomic E-state index is 0.387. The van der Waals surface area contributed by atoms with Crippen LogP contribution in [0.3, 0.4) is 0 Å². The van der Waals surface area contributed by atoms with Crippen LogP contribution in [0.1, 0.15) is 19.3 Å². The van der Waals surface area contributed by atoms with Gasteiger partial charge in [0.2, 0.25) is 0 Å². The van der Waals surface area contributed by atoms with Crippen LogP contribution in [-0.2, 0) is 0 Å². The van der Waals surface area contributed by atoms with Crippen molar-refractivity contribution in [3.05, 3.63) is 24.3 Å². The van der Waals surface area contributed by atoms with Gasteiger partial charge in [-0.15, -0.1) is 0 Å². The second kappa shape index (κ2) is 6.02. The number of hydrogen-bond donors (Lipinski definition) is 1. The number of ether oxygens (including phenoxy) is 1. The van der Waals surface area contributed by atoms with Crippen LogP contribution in [0.15, 0.2) is 24.3 Å². The molecular formula is C16H25N3O. The van der Waals surface area contributed by atoms with E-state index in [1.807, 2.05) is 6.07 Å². The van der Waals surface area contributed by atoms with E-state index in [0.29, 0.717) is 12.1 Å². The van der Waals surface area contributed by atoms with E-state index in [1.165, 1.54) is 24.9 Å². The first-order valence-electron chi connectivity index (χ1n) is 7.66. The molecule has 1 aliphatic heterocycles. The molecule has 1 saturated carbocycles. The zero-order valence-electron chi connectivity index (χ0n) is 12.3. The van der Waals surface area contributed by atoms with Crippen molar-refractivity contribution >= 4 is 5.69 Å². The molecular weight excluding hydrogens is 250 g/mol. The van der Waals surface area contributed by atoms with Crippen molar-refractivity contribution in [1.82, 2.24) is 4.90 Å². The van der Waals surface area contributed by atoms with Gasteiger partial charge in [0.15, 0.2) is 0 Å². The maximum Gasteiger partial charge on any atom is 0.120 e. The molecule has 0 aromatic heterocycles. The van der Waals surface area contributed by atoms with Crippen LogP contribution in [0.25, 0.3) is 0 Å². The van der Waals surface area contributed by atoms with Crippen molar-refractivity contribution < 1.29 is 4.74 Å². The molecule has 3 rings (SSSR count). The molecule has 2 unspecified atom stereocenters. The second-order valence-electron chi connectivity index (χ2n) is 5.89. The first kappa shape index (κ1) is 13.7. The van der Waals surface area contributed by atoms with Gasteiger partial charge in [0, 0.05) is 50.0 Å². The van der Waals surface area contributed by atoms with Gasteiger partial charge < -0.3 is 15.4 Å². The molecule has 2 aliphatic rings. The van der Waals surface area contributed by atoms with Gasteiger partial charge in [-0.2, -0.15) is 0 Å². The van der Waals surface area contributed by atoms with Gasteiger partial charge in [0.25, 0.3) is 0 Å². The highest BCUT2D eigenvalue weighted by Crippen LogP contribution is 2.26. The fraction of sp³-hybridized carbons (Fsp3) is 0.625. The molecule has 0 amide bonds. The first-order chi connectivity index (χ1) is 9.78. The van der Waals surface area contributed by atoms with E-state index in [0.717, 1.165) is 31.9 Å². The maximum atomic E-state index is 6.22. The summed E-state index contributed by atoms with van der Waals surface area (Å²) in [4.78, 5) is 5.04. The quantitative estimate of drug-likeness (QED) is 0.911. The van der Waals surface area contributed by atoms with Crippen LogP contribution in [-0.4, -0.2) is 50.3 Å². The van der Waals surface area contributed by atoms with E-state index in [1.54, 1.807) is 7.11 Å². The SMILES string of the molecule is COc1cccc(N2CCN(C3CCCC3N)CC2)c1. The monoisotopic (exact) mass is 275 g/mol. The van der Waals surface area contributed by atoms with Gasteiger partial charge in [0.1, 0.15) is 5.75 Å². The predicted octanol–water partition coefficient (Wildman–Crippen LogP) is 1.70. The van der Waals surface area contributed by atoms with E-state index >= 15 is 0 Å². The molecule has 0 bridgehead atoms. The molecule has 0 spiro atoms. The fourth-order valence-electron chi connectivity index (χ4n) is 3.54. The largest absolute Gasteiger partial charge is 0.497 e. The highest BCUT2D eigenvalue weighted by molar-refractivity contribution is 5.51. The molecule has 1 aromatic carbocycles. The molecule has 2 N–H and O–H groups in total. The third kappa shape index (κ3) is 2.76. The Morgan fingerprint density at radius 3 is 2.60 bits per heavy atom. The summed E-state index contributed by atoms with van der Waals surface area (Å²) in [5, 5.41) is 0. The summed E-state index contributed by atoms with van der Waals surface area (Å²) in [6.45, 7) is 4.40. The highest BCUT2D eigenvalue weighted by Gasteiger charge is 2.31. The Bertz CT molecular complexity index is 443. The summed E-state index contributed by atoms with van der Waals surface area (Å²) in [6, 6.07) is 9.35. The molecule has 4 heteroatoms. The summed E-state index contributed by atoms with van der Waals surface area (Å²) in [5.41, 5.74) is 7.49. The minimum atomic E-state index is 0.387. The van der Waals surface area contributed by atoms with Gasteiger partial charge in [-0.25, -0.2) is 0 Å². The molecule has 1 heterocycles. The third-order valence-electron chi connectivity index (χ3n) is 4.73. The van der Waals surface area contributed by atoms with Crippen molar-refractivity contribution in [3.63, 3.8) is 0 Å². The van der Waals surface area contributed by atoms with E-state index in [2.05, 4.69) is 28.0 Å². The molecule has 2 fully saturated rings. The third-order valence-corrected chi connectivity index (χ3v) is 4.73. The highest BCUT2D eigenvalue weighted by atomic mass is 16.5. The molecule has 1 aliphatic carbocycles. The van der Waals surface area contributed by atoms with Gasteiger partial charge >= 0.3 is 0 Å². The number of nitrogens with two attached hydrogens (primary N) is 1. The summed E-state index contributed by atoms with van der Waals surface area (Å²) in [5.74, 6) is 0.933. The average molecular weight is 275 g/mol. The minimum Gasteiger partial charge on any atom is -0.497 e. The normalized spacial score (nSPS) is 27.8. The average Bonchev–Trinajstić information content (AvgIpc) is 2.94. The smallest absolute Gasteiger partial charge is 0.120 e. The standard InChI is InChI=1S/C16H25N3O/c1-20-14-5-2-4-13(12-14)18-8-10-19(11-9-18)16-7-3-6-15(16)17/h2,4-5,12,15-16H,3,6-11,17H2,1H3. The van der Waals surface area contributed by atoms with Gasteiger partial charge in [0.05, 0.1) is 7.11 Å². The van der Waals surface area contributed by atoms with Crippen molar-refractivity contribution in [2.24, 2.45) is 5.73 Å². The van der Waals surface area contributed by atoms with Gasteiger partial charge in [-0.05, 0) is 25.0 Å². The summed E-state index contributed by atoms with van der Waals surface area (Å²) in [7, 11) is 1.72. The number of benzene rings is 1. The van der Waals surface area contributed by atoms with Crippen LogP contribution in [0, 0.1) is 0 Å². The number of rotatable bonds is 3. The Kier molecular flexibility index (Phi) is 4.13. The molecule has 110 valence electrons. The van der Waals surface area contributed by atoms with Crippen LogP contribution in [0.2, 0.25) is 0 Å². The Labute approximate surface area is 121 Å². The lowest BCUT2D eigenvalue weighted by Gasteiger charge is -2.40. The number of anilines is 1. The molecule has 0 radical (unpaired) electrons. The lowest BCUT2D eigenvalue weighted by atomic mass is 10.1. The Morgan fingerprint density at radius 2 is 1.95 bits per heavy atom. The first-order valence-corrected chi connectivity index (χ1v) is 7.66. The Hall–Kier alpha value is -1.26. The second-order valence-corrected chi connectivity index (χ2v) is 5.89. The van der Waals surface area contributed by atoms with Crippen LogP contribution < -0.4 is 15.4 Å².